The highest BCUT2D eigenvalue weighted by Crippen LogP contribution is 2.21. The fourth-order valence-electron chi connectivity index (χ4n) is 3.12. The van der Waals surface area contributed by atoms with E-state index in [1.54, 1.807) is 12.4 Å². The number of anilines is 1. The van der Waals surface area contributed by atoms with Crippen molar-refractivity contribution in [3.63, 3.8) is 0 Å². The first-order chi connectivity index (χ1) is 14.0. The number of rotatable bonds is 5. The number of hydrogen-bond donors (Lipinski definition) is 1. The summed E-state index contributed by atoms with van der Waals surface area (Å²) in [5, 5.41) is 7.90. The molecule has 4 aromatic heterocycles. The molecular formula is C22H23N7. The van der Waals surface area contributed by atoms with Crippen molar-refractivity contribution in [3.8, 4) is 17.2 Å². The topological polar surface area (TPSA) is 81.4 Å². The fraction of sp³-hybridized carbons (Fsp3) is 0.227. The minimum Gasteiger partial charge on any atom is -0.366 e. The molecule has 4 aromatic rings. The van der Waals surface area contributed by atoms with Crippen LogP contribution in [-0.2, 0) is 6.54 Å². The van der Waals surface area contributed by atoms with Gasteiger partial charge in [-0.3, -0.25) is 4.98 Å². The van der Waals surface area contributed by atoms with Crippen LogP contribution in [0.2, 0.25) is 0 Å². The molecule has 7 nitrogen and oxygen atoms in total. The zero-order valence-corrected chi connectivity index (χ0v) is 17.0. The molecule has 0 aromatic carbocycles. The molecule has 0 aliphatic heterocycles. The van der Waals surface area contributed by atoms with Crippen LogP contribution in [0, 0.1) is 27.7 Å². The summed E-state index contributed by atoms with van der Waals surface area (Å²) in [6, 6.07) is 9.92. The van der Waals surface area contributed by atoms with Crippen molar-refractivity contribution in [1.82, 2.24) is 29.7 Å². The standard InChI is InChI=1S/C22H23N7/c1-14-10-15(2)29(28-14)20-8-7-18(11-24-20)12-25-21-16(3)17(4)26-22(27-21)19-6-5-9-23-13-19/h5-11,13H,12H2,1-4H3,(H,25,26,27). The molecule has 0 saturated carbocycles. The number of nitrogens with one attached hydrogen (secondary N) is 1. The van der Waals surface area contributed by atoms with Gasteiger partial charge in [-0.2, -0.15) is 5.10 Å². The van der Waals surface area contributed by atoms with Gasteiger partial charge in [-0.15, -0.1) is 0 Å². The number of pyridine rings is 2. The summed E-state index contributed by atoms with van der Waals surface area (Å²) in [5.41, 5.74) is 5.98. The highest BCUT2D eigenvalue weighted by Gasteiger charge is 2.10. The third-order valence-electron chi connectivity index (χ3n) is 4.80. The minimum atomic E-state index is 0.619. The molecule has 0 aliphatic carbocycles. The van der Waals surface area contributed by atoms with Gasteiger partial charge in [-0.05, 0) is 57.5 Å². The summed E-state index contributed by atoms with van der Waals surface area (Å²) in [6.07, 6.45) is 5.38. The van der Waals surface area contributed by atoms with Crippen molar-refractivity contribution < 1.29 is 0 Å². The Balaban J connectivity index is 1.53. The fourth-order valence-corrected chi connectivity index (χ4v) is 3.12. The second-order valence-corrected chi connectivity index (χ2v) is 7.07. The van der Waals surface area contributed by atoms with Crippen molar-refractivity contribution >= 4 is 5.82 Å². The smallest absolute Gasteiger partial charge is 0.163 e. The lowest BCUT2D eigenvalue weighted by molar-refractivity contribution is 0.804. The van der Waals surface area contributed by atoms with Gasteiger partial charge in [0.25, 0.3) is 0 Å². The van der Waals surface area contributed by atoms with Crippen LogP contribution in [0.25, 0.3) is 17.2 Å². The molecule has 0 fully saturated rings. The van der Waals surface area contributed by atoms with Crippen LogP contribution < -0.4 is 5.32 Å². The first kappa shape index (κ1) is 18.7. The Kier molecular flexibility index (Phi) is 5.03. The predicted molar refractivity (Wildman–Crippen MR) is 113 cm³/mol. The maximum absolute atomic E-state index is 4.70. The first-order valence-electron chi connectivity index (χ1n) is 9.49. The summed E-state index contributed by atoms with van der Waals surface area (Å²) in [5.74, 6) is 2.30. The first-order valence-corrected chi connectivity index (χ1v) is 9.49. The monoisotopic (exact) mass is 385 g/mol. The summed E-state index contributed by atoms with van der Waals surface area (Å²) >= 11 is 0. The number of aryl methyl sites for hydroxylation is 3. The molecule has 0 atom stereocenters. The van der Waals surface area contributed by atoms with Crippen molar-refractivity contribution in [1.29, 1.82) is 0 Å². The molecule has 146 valence electrons. The summed E-state index contributed by atoms with van der Waals surface area (Å²) < 4.78 is 1.85. The predicted octanol–water partition coefficient (Wildman–Crippen LogP) is 3.97. The van der Waals surface area contributed by atoms with Gasteiger partial charge in [0.1, 0.15) is 5.82 Å². The molecule has 0 amide bonds. The maximum atomic E-state index is 4.70. The van der Waals surface area contributed by atoms with Crippen molar-refractivity contribution in [3.05, 3.63) is 77.1 Å². The van der Waals surface area contributed by atoms with Crippen molar-refractivity contribution in [2.45, 2.75) is 34.2 Å². The van der Waals surface area contributed by atoms with E-state index in [-0.39, 0.29) is 0 Å². The Morgan fingerprint density at radius 2 is 1.86 bits per heavy atom. The number of hydrogen-bond acceptors (Lipinski definition) is 6. The van der Waals surface area contributed by atoms with Crippen LogP contribution in [0.15, 0.2) is 48.9 Å². The van der Waals surface area contributed by atoms with Gasteiger partial charge in [0.05, 0.1) is 5.69 Å². The van der Waals surface area contributed by atoms with E-state index in [2.05, 4.69) is 31.4 Å². The van der Waals surface area contributed by atoms with Gasteiger partial charge < -0.3 is 5.32 Å². The maximum Gasteiger partial charge on any atom is 0.163 e. The van der Waals surface area contributed by atoms with Gasteiger partial charge in [0, 0.05) is 47.7 Å². The van der Waals surface area contributed by atoms with E-state index < -0.39 is 0 Å². The van der Waals surface area contributed by atoms with E-state index in [9.17, 15) is 0 Å². The third-order valence-corrected chi connectivity index (χ3v) is 4.80. The van der Waals surface area contributed by atoms with Gasteiger partial charge in [-0.1, -0.05) is 6.07 Å². The van der Waals surface area contributed by atoms with E-state index in [4.69, 9.17) is 4.98 Å². The molecule has 0 unspecified atom stereocenters. The van der Waals surface area contributed by atoms with Crippen LogP contribution in [0.5, 0.6) is 0 Å². The Hall–Kier alpha value is -3.61. The lowest BCUT2D eigenvalue weighted by Crippen LogP contribution is -2.08. The SMILES string of the molecule is Cc1cc(C)n(-c2ccc(CNc3nc(-c4cccnc4)nc(C)c3C)cn2)n1. The normalized spacial score (nSPS) is 10.9. The Morgan fingerprint density at radius 1 is 1.00 bits per heavy atom. The highest BCUT2D eigenvalue weighted by atomic mass is 15.3. The Morgan fingerprint density at radius 3 is 2.52 bits per heavy atom. The largest absolute Gasteiger partial charge is 0.366 e. The van der Waals surface area contributed by atoms with Crippen molar-refractivity contribution in [2.75, 3.05) is 5.32 Å². The van der Waals surface area contributed by atoms with Crippen LogP contribution in [0.4, 0.5) is 5.82 Å². The van der Waals surface area contributed by atoms with E-state index in [0.717, 1.165) is 45.4 Å². The second kappa shape index (κ2) is 7.79. The van der Waals surface area contributed by atoms with Crippen LogP contribution >= 0.6 is 0 Å². The summed E-state index contributed by atoms with van der Waals surface area (Å²) in [6.45, 7) is 8.64. The number of aromatic nitrogens is 6. The minimum absolute atomic E-state index is 0.619. The van der Waals surface area contributed by atoms with Crippen LogP contribution in [0.3, 0.4) is 0 Å². The molecule has 0 spiro atoms. The Labute approximate surface area is 169 Å². The summed E-state index contributed by atoms with van der Waals surface area (Å²) in [4.78, 5) is 18.0. The van der Waals surface area contributed by atoms with Gasteiger partial charge in [0.2, 0.25) is 0 Å². The van der Waals surface area contributed by atoms with Crippen LogP contribution in [-0.4, -0.2) is 29.7 Å². The molecule has 7 heteroatoms. The lowest BCUT2D eigenvalue weighted by Gasteiger charge is -2.12. The second-order valence-electron chi connectivity index (χ2n) is 7.07. The zero-order valence-electron chi connectivity index (χ0n) is 17.0. The van der Waals surface area contributed by atoms with E-state index >= 15 is 0 Å². The van der Waals surface area contributed by atoms with Gasteiger partial charge in [-0.25, -0.2) is 19.6 Å². The zero-order chi connectivity index (χ0) is 20.4. The number of nitrogens with zero attached hydrogens (tertiary/aromatic N) is 6. The molecule has 0 bridgehead atoms. The quantitative estimate of drug-likeness (QED) is 0.560. The molecule has 1 N–H and O–H groups in total. The van der Waals surface area contributed by atoms with E-state index in [1.807, 2.05) is 62.8 Å². The highest BCUT2D eigenvalue weighted by molar-refractivity contribution is 5.58. The van der Waals surface area contributed by atoms with E-state index in [0.29, 0.717) is 12.4 Å². The molecule has 4 rings (SSSR count). The summed E-state index contributed by atoms with van der Waals surface area (Å²) in [7, 11) is 0. The lowest BCUT2D eigenvalue weighted by atomic mass is 10.2. The molecular weight excluding hydrogens is 362 g/mol. The van der Waals surface area contributed by atoms with Crippen molar-refractivity contribution in [2.24, 2.45) is 0 Å². The molecule has 29 heavy (non-hydrogen) atoms. The Bertz CT molecular complexity index is 1130. The molecule has 0 radical (unpaired) electrons. The third kappa shape index (κ3) is 3.99. The van der Waals surface area contributed by atoms with Gasteiger partial charge in [0.15, 0.2) is 11.6 Å². The average Bonchev–Trinajstić information content (AvgIpc) is 3.08. The molecule has 0 aliphatic rings. The van der Waals surface area contributed by atoms with Gasteiger partial charge >= 0.3 is 0 Å². The van der Waals surface area contributed by atoms with Crippen LogP contribution in [0.1, 0.15) is 28.2 Å². The molecule has 4 heterocycles. The van der Waals surface area contributed by atoms with E-state index in [1.165, 1.54) is 0 Å². The molecule has 0 saturated heterocycles. The average molecular weight is 385 g/mol.